The number of carbonyl (C=O) groups excluding carboxylic acids is 1. The lowest BCUT2D eigenvalue weighted by atomic mass is 9.97. The second kappa shape index (κ2) is 8.48. The number of amides is 1. The number of nitrogens with one attached hydrogen (secondary N) is 1. The molecule has 0 bridgehead atoms. The highest BCUT2D eigenvalue weighted by molar-refractivity contribution is 5.75. The molecule has 4 heteroatoms. The maximum atomic E-state index is 11.6. The summed E-state index contributed by atoms with van der Waals surface area (Å²) >= 11 is 0. The zero-order valence-electron chi connectivity index (χ0n) is 12.0. The molecule has 0 saturated carbocycles. The van der Waals surface area contributed by atoms with E-state index >= 15 is 0 Å². The number of rotatable bonds is 7. The average Bonchev–Trinajstić information content (AvgIpc) is 2.36. The van der Waals surface area contributed by atoms with Crippen molar-refractivity contribution in [1.29, 1.82) is 0 Å². The predicted octanol–water partition coefficient (Wildman–Crippen LogP) is 1.35. The van der Waals surface area contributed by atoms with E-state index in [1.165, 1.54) is 25.9 Å². The summed E-state index contributed by atoms with van der Waals surface area (Å²) in [6, 6.07) is 0.205. The van der Waals surface area contributed by atoms with Crippen LogP contribution in [0, 0.1) is 5.92 Å². The maximum Gasteiger partial charge on any atom is 0.220 e. The molecule has 1 amide bonds. The molecular weight excluding hydrogens is 226 g/mol. The molecule has 18 heavy (non-hydrogen) atoms. The number of piperidine rings is 1. The van der Waals surface area contributed by atoms with Gasteiger partial charge in [-0.2, -0.15) is 0 Å². The standard InChI is InChI=1S/C14H29N3O/c1-3-17-9-7-13(8-10-17)11-16-14(18)6-4-5-12(2)15/h12-13H,3-11,15H2,1-2H3,(H,16,18). The van der Waals surface area contributed by atoms with E-state index in [0.717, 1.165) is 25.9 Å². The van der Waals surface area contributed by atoms with E-state index in [9.17, 15) is 4.79 Å². The minimum absolute atomic E-state index is 0.188. The number of nitrogens with two attached hydrogens (primary N) is 1. The summed E-state index contributed by atoms with van der Waals surface area (Å²) in [7, 11) is 0. The monoisotopic (exact) mass is 255 g/mol. The summed E-state index contributed by atoms with van der Waals surface area (Å²) in [6.07, 6.45) is 4.89. The SMILES string of the molecule is CCN1CCC(CNC(=O)CCCC(C)N)CC1. The molecule has 0 aliphatic carbocycles. The normalized spacial score (nSPS) is 19.7. The average molecular weight is 255 g/mol. The molecule has 0 aromatic rings. The van der Waals surface area contributed by atoms with Crippen LogP contribution < -0.4 is 11.1 Å². The molecule has 1 aliphatic rings. The number of hydrogen-bond acceptors (Lipinski definition) is 3. The van der Waals surface area contributed by atoms with Crippen LogP contribution in [0.2, 0.25) is 0 Å². The highest BCUT2D eigenvalue weighted by atomic mass is 16.1. The largest absolute Gasteiger partial charge is 0.356 e. The smallest absolute Gasteiger partial charge is 0.220 e. The van der Waals surface area contributed by atoms with E-state index in [4.69, 9.17) is 5.73 Å². The summed E-state index contributed by atoms with van der Waals surface area (Å²) in [6.45, 7) is 8.56. The lowest BCUT2D eigenvalue weighted by Gasteiger charge is -2.31. The number of likely N-dealkylation sites (tertiary alicyclic amines) is 1. The van der Waals surface area contributed by atoms with Crippen molar-refractivity contribution in [3.63, 3.8) is 0 Å². The number of carbonyl (C=O) groups is 1. The highest BCUT2D eigenvalue weighted by Crippen LogP contribution is 2.15. The number of hydrogen-bond donors (Lipinski definition) is 2. The molecular formula is C14H29N3O. The first-order chi connectivity index (χ1) is 8.61. The molecule has 0 spiro atoms. The van der Waals surface area contributed by atoms with Crippen molar-refractivity contribution in [2.75, 3.05) is 26.2 Å². The van der Waals surface area contributed by atoms with Crippen molar-refractivity contribution >= 4 is 5.91 Å². The third kappa shape index (κ3) is 6.36. The number of nitrogens with zero attached hydrogens (tertiary/aromatic N) is 1. The Morgan fingerprint density at radius 2 is 2.11 bits per heavy atom. The third-order valence-electron chi connectivity index (χ3n) is 3.81. The van der Waals surface area contributed by atoms with Gasteiger partial charge in [-0.25, -0.2) is 0 Å². The Kier molecular flexibility index (Phi) is 7.28. The van der Waals surface area contributed by atoms with Crippen LogP contribution in [0.15, 0.2) is 0 Å². The third-order valence-corrected chi connectivity index (χ3v) is 3.81. The Bertz CT molecular complexity index is 235. The van der Waals surface area contributed by atoms with E-state index in [-0.39, 0.29) is 11.9 Å². The van der Waals surface area contributed by atoms with E-state index in [1.54, 1.807) is 0 Å². The molecule has 4 nitrogen and oxygen atoms in total. The van der Waals surface area contributed by atoms with Crippen molar-refractivity contribution in [2.24, 2.45) is 11.7 Å². The molecule has 1 unspecified atom stereocenters. The van der Waals surface area contributed by atoms with Crippen LogP contribution >= 0.6 is 0 Å². The summed E-state index contributed by atoms with van der Waals surface area (Å²) in [5.41, 5.74) is 5.66. The van der Waals surface area contributed by atoms with Crippen molar-refractivity contribution in [3.05, 3.63) is 0 Å². The molecule has 1 rings (SSSR count). The van der Waals surface area contributed by atoms with Gasteiger partial charge >= 0.3 is 0 Å². The fraction of sp³-hybridized carbons (Fsp3) is 0.929. The topological polar surface area (TPSA) is 58.4 Å². The van der Waals surface area contributed by atoms with Crippen molar-refractivity contribution in [3.8, 4) is 0 Å². The van der Waals surface area contributed by atoms with Gasteiger partial charge in [0.05, 0.1) is 0 Å². The first kappa shape index (κ1) is 15.4. The minimum Gasteiger partial charge on any atom is -0.356 e. The van der Waals surface area contributed by atoms with Crippen LogP contribution in [0.1, 0.15) is 46.0 Å². The zero-order valence-corrected chi connectivity index (χ0v) is 12.0. The first-order valence-corrected chi connectivity index (χ1v) is 7.36. The van der Waals surface area contributed by atoms with Crippen LogP contribution in [0.5, 0.6) is 0 Å². The minimum atomic E-state index is 0.188. The van der Waals surface area contributed by atoms with Gasteiger partial charge in [-0.15, -0.1) is 0 Å². The van der Waals surface area contributed by atoms with E-state index in [0.29, 0.717) is 12.3 Å². The second-order valence-corrected chi connectivity index (χ2v) is 5.55. The summed E-state index contributed by atoms with van der Waals surface area (Å²) in [4.78, 5) is 14.1. The van der Waals surface area contributed by atoms with Gasteiger partial charge in [0.2, 0.25) is 5.91 Å². The molecule has 3 N–H and O–H groups in total. The van der Waals surface area contributed by atoms with Gasteiger partial charge in [-0.05, 0) is 58.2 Å². The Morgan fingerprint density at radius 3 is 2.67 bits per heavy atom. The van der Waals surface area contributed by atoms with Gasteiger partial charge in [0.15, 0.2) is 0 Å². The molecule has 1 fully saturated rings. The first-order valence-electron chi connectivity index (χ1n) is 7.36. The Labute approximate surface area is 111 Å². The molecule has 1 aliphatic heterocycles. The molecule has 0 aromatic heterocycles. The van der Waals surface area contributed by atoms with Gasteiger partial charge in [0.1, 0.15) is 0 Å². The molecule has 0 radical (unpaired) electrons. The van der Waals surface area contributed by atoms with Crippen LogP contribution in [0.25, 0.3) is 0 Å². The predicted molar refractivity (Wildman–Crippen MR) is 75.3 cm³/mol. The van der Waals surface area contributed by atoms with E-state index in [2.05, 4.69) is 17.1 Å². The lowest BCUT2D eigenvalue weighted by Crippen LogP contribution is -2.38. The fourth-order valence-electron chi connectivity index (χ4n) is 2.44. The maximum absolute atomic E-state index is 11.6. The Balaban J connectivity index is 2.04. The Morgan fingerprint density at radius 1 is 1.44 bits per heavy atom. The second-order valence-electron chi connectivity index (χ2n) is 5.55. The molecule has 1 saturated heterocycles. The van der Waals surface area contributed by atoms with Gasteiger partial charge in [-0.1, -0.05) is 6.92 Å². The Hall–Kier alpha value is -0.610. The van der Waals surface area contributed by atoms with Crippen molar-refractivity contribution in [1.82, 2.24) is 10.2 Å². The molecule has 106 valence electrons. The molecule has 1 heterocycles. The van der Waals surface area contributed by atoms with Gasteiger partial charge in [0, 0.05) is 19.0 Å². The summed E-state index contributed by atoms with van der Waals surface area (Å²) < 4.78 is 0. The summed E-state index contributed by atoms with van der Waals surface area (Å²) in [5, 5.41) is 3.06. The highest BCUT2D eigenvalue weighted by Gasteiger charge is 2.18. The van der Waals surface area contributed by atoms with E-state index in [1.807, 2.05) is 6.92 Å². The zero-order chi connectivity index (χ0) is 13.4. The van der Waals surface area contributed by atoms with E-state index < -0.39 is 0 Å². The van der Waals surface area contributed by atoms with Gasteiger partial charge < -0.3 is 16.0 Å². The van der Waals surface area contributed by atoms with Crippen LogP contribution in [-0.4, -0.2) is 43.0 Å². The van der Waals surface area contributed by atoms with Crippen LogP contribution in [-0.2, 0) is 4.79 Å². The van der Waals surface area contributed by atoms with Crippen LogP contribution in [0.3, 0.4) is 0 Å². The molecule has 1 atom stereocenters. The molecule has 0 aromatic carbocycles. The van der Waals surface area contributed by atoms with Gasteiger partial charge in [0.25, 0.3) is 0 Å². The van der Waals surface area contributed by atoms with Gasteiger partial charge in [-0.3, -0.25) is 4.79 Å². The van der Waals surface area contributed by atoms with Crippen molar-refractivity contribution < 1.29 is 4.79 Å². The lowest BCUT2D eigenvalue weighted by molar-refractivity contribution is -0.121. The van der Waals surface area contributed by atoms with Crippen LogP contribution in [0.4, 0.5) is 0 Å². The summed E-state index contributed by atoms with van der Waals surface area (Å²) in [5.74, 6) is 0.860. The fourth-order valence-corrected chi connectivity index (χ4v) is 2.44. The quantitative estimate of drug-likeness (QED) is 0.722. The van der Waals surface area contributed by atoms with Crippen molar-refractivity contribution in [2.45, 2.75) is 52.0 Å².